The summed E-state index contributed by atoms with van der Waals surface area (Å²) in [6.07, 6.45) is -8.38. The Labute approximate surface area is 129 Å². The van der Waals surface area contributed by atoms with Gasteiger partial charge in [0.05, 0.1) is 6.61 Å². The lowest BCUT2D eigenvalue weighted by Gasteiger charge is -2.47. The third kappa shape index (κ3) is 3.59. The predicted molar refractivity (Wildman–Crippen MR) is 69.9 cm³/mol. The summed E-state index contributed by atoms with van der Waals surface area (Å²) in [6.45, 7) is -0.818. The molecule has 0 spiro atoms. The Balaban J connectivity index is 3.09. The van der Waals surface area contributed by atoms with E-state index in [-0.39, 0.29) is 0 Å². The monoisotopic (exact) mass is 337 g/mol. The minimum Gasteiger partial charge on any atom is -0.481 e. The number of primary amides is 1. The van der Waals surface area contributed by atoms with Crippen molar-refractivity contribution in [2.45, 2.75) is 42.9 Å². The number of carbonyl (C=O) groups excluding carboxylic acids is 1. The molecule has 1 fully saturated rings. The molecule has 0 aliphatic carbocycles. The summed E-state index contributed by atoms with van der Waals surface area (Å²) in [5.41, 5.74) is 2.82. The highest BCUT2D eigenvalue weighted by atomic mass is 16.6. The normalized spacial score (nSPS) is 34.3. The van der Waals surface area contributed by atoms with Gasteiger partial charge in [0.15, 0.2) is 11.5 Å². The lowest BCUT2D eigenvalue weighted by atomic mass is 9.79. The summed E-state index contributed by atoms with van der Waals surface area (Å²) in [4.78, 5) is 33.5. The molecule has 8 N–H and O–H groups in total. The van der Waals surface area contributed by atoms with E-state index in [1.54, 1.807) is 0 Å². The molecule has 23 heavy (non-hydrogen) atoms. The van der Waals surface area contributed by atoms with E-state index >= 15 is 0 Å². The van der Waals surface area contributed by atoms with Crippen LogP contribution in [0.2, 0.25) is 0 Å². The maximum Gasteiger partial charge on any atom is 0.317 e. The van der Waals surface area contributed by atoms with Gasteiger partial charge >= 0.3 is 11.9 Å². The number of hydrogen-bond acceptors (Lipinski definition) is 8. The van der Waals surface area contributed by atoms with Crippen LogP contribution in [0.1, 0.15) is 12.8 Å². The van der Waals surface area contributed by atoms with Crippen LogP contribution in [0.5, 0.6) is 0 Å². The molecule has 1 rings (SSSR count). The first-order chi connectivity index (χ1) is 10.6. The first-order valence-electron chi connectivity index (χ1n) is 6.66. The molecule has 1 heterocycles. The van der Waals surface area contributed by atoms with E-state index in [2.05, 4.69) is 0 Å². The summed E-state index contributed by atoms with van der Waals surface area (Å²) >= 11 is 0. The first-order valence-corrected chi connectivity index (χ1v) is 6.66. The Kier molecular flexibility index (Phi) is 6.02. The van der Waals surface area contributed by atoms with Crippen molar-refractivity contribution >= 4 is 17.8 Å². The molecule has 1 saturated heterocycles. The maximum atomic E-state index is 11.7. The van der Waals surface area contributed by atoms with Crippen molar-refractivity contribution in [1.82, 2.24) is 0 Å². The van der Waals surface area contributed by atoms with Crippen LogP contribution >= 0.6 is 0 Å². The molecule has 11 heteroatoms. The van der Waals surface area contributed by atoms with Gasteiger partial charge in [0, 0.05) is 0 Å². The first kappa shape index (κ1) is 19.3. The average Bonchev–Trinajstić information content (AvgIpc) is 2.46. The Hall–Kier alpha value is -1.79. The summed E-state index contributed by atoms with van der Waals surface area (Å²) in [6, 6.07) is 0. The van der Waals surface area contributed by atoms with Crippen LogP contribution in [0.25, 0.3) is 0 Å². The van der Waals surface area contributed by atoms with Crippen LogP contribution in [0, 0.1) is 5.92 Å². The predicted octanol–water partition coefficient (Wildman–Crippen LogP) is -3.75. The fraction of sp³-hybridized carbons (Fsp3) is 0.750. The van der Waals surface area contributed by atoms with Crippen LogP contribution in [-0.2, 0) is 19.1 Å². The van der Waals surface area contributed by atoms with E-state index in [1.165, 1.54) is 0 Å². The number of carboxylic acids is 2. The molecule has 5 atom stereocenters. The summed E-state index contributed by atoms with van der Waals surface area (Å²) < 4.78 is 5.12. The zero-order valence-electron chi connectivity index (χ0n) is 11.9. The lowest BCUT2D eigenvalue weighted by molar-refractivity contribution is -0.267. The highest BCUT2D eigenvalue weighted by Crippen LogP contribution is 2.34. The van der Waals surface area contributed by atoms with Crippen molar-refractivity contribution in [2.24, 2.45) is 11.7 Å². The van der Waals surface area contributed by atoms with Gasteiger partial charge in [-0.1, -0.05) is 0 Å². The number of carboxylic acid groups (broad SMARTS) is 2. The van der Waals surface area contributed by atoms with Gasteiger partial charge in [-0.25, -0.2) is 0 Å². The van der Waals surface area contributed by atoms with Gasteiger partial charge in [-0.2, -0.15) is 0 Å². The van der Waals surface area contributed by atoms with Crippen LogP contribution < -0.4 is 5.73 Å². The Bertz CT molecular complexity index is 466. The van der Waals surface area contributed by atoms with Crippen molar-refractivity contribution in [2.75, 3.05) is 6.61 Å². The maximum absolute atomic E-state index is 11.7. The van der Waals surface area contributed by atoms with Crippen molar-refractivity contribution < 1.29 is 49.8 Å². The number of aliphatic hydroxyl groups is 4. The van der Waals surface area contributed by atoms with Gasteiger partial charge < -0.3 is 41.1 Å². The number of aliphatic hydroxyl groups excluding tert-OH is 4. The molecular formula is C12H19NO10. The molecule has 1 aliphatic rings. The second-order valence-corrected chi connectivity index (χ2v) is 5.29. The van der Waals surface area contributed by atoms with Gasteiger partial charge in [-0.15, -0.1) is 0 Å². The van der Waals surface area contributed by atoms with E-state index < -0.39 is 73.2 Å². The number of ether oxygens (including phenoxy) is 1. The zero-order valence-corrected chi connectivity index (χ0v) is 11.9. The van der Waals surface area contributed by atoms with Crippen molar-refractivity contribution in [3.63, 3.8) is 0 Å². The van der Waals surface area contributed by atoms with Gasteiger partial charge in [0.25, 0.3) is 5.91 Å². The standard InChI is InChI=1S/C12H19NO10/c13-11(22)12(2-1-4(9(18)19)10(20)21)8(17)7(16)6(15)5(3-14)23-12/h4-8,14-17H,1-3H2,(H2,13,22)(H,18,19)(H,20,21)/t5-,6+,7+,8-,12+/m1/s1. The summed E-state index contributed by atoms with van der Waals surface area (Å²) in [5, 5.41) is 56.2. The lowest BCUT2D eigenvalue weighted by Crippen LogP contribution is -2.69. The van der Waals surface area contributed by atoms with E-state index in [1.807, 2.05) is 0 Å². The van der Waals surface area contributed by atoms with Crippen LogP contribution in [0.15, 0.2) is 0 Å². The number of carbonyl (C=O) groups is 3. The molecule has 0 aromatic heterocycles. The molecule has 11 nitrogen and oxygen atoms in total. The average molecular weight is 337 g/mol. The number of nitrogens with two attached hydrogens (primary N) is 1. The molecule has 0 aromatic rings. The molecule has 0 radical (unpaired) electrons. The fourth-order valence-corrected chi connectivity index (χ4v) is 2.48. The van der Waals surface area contributed by atoms with Gasteiger partial charge in [-0.3, -0.25) is 14.4 Å². The van der Waals surface area contributed by atoms with E-state index in [0.29, 0.717) is 0 Å². The van der Waals surface area contributed by atoms with Crippen LogP contribution in [0.3, 0.4) is 0 Å². The van der Waals surface area contributed by atoms with E-state index in [0.717, 1.165) is 0 Å². The van der Waals surface area contributed by atoms with Crippen molar-refractivity contribution in [3.05, 3.63) is 0 Å². The second kappa shape index (κ2) is 7.19. The minimum absolute atomic E-state index is 0.633. The number of amides is 1. The van der Waals surface area contributed by atoms with Gasteiger partial charge in [-0.05, 0) is 12.8 Å². The topological polar surface area (TPSA) is 208 Å². The van der Waals surface area contributed by atoms with Gasteiger partial charge in [0.1, 0.15) is 24.4 Å². The van der Waals surface area contributed by atoms with Crippen LogP contribution in [0.4, 0.5) is 0 Å². The third-order valence-corrected chi connectivity index (χ3v) is 3.89. The van der Waals surface area contributed by atoms with Gasteiger partial charge in [0.2, 0.25) is 0 Å². The zero-order chi connectivity index (χ0) is 17.9. The fourth-order valence-electron chi connectivity index (χ4n) is 2.48. The SMILES string of the molecule is NC(=O)[C@@]1(CCC(C(=O)O)C(=O)O)O[C@H](CO)[C@H](O)[C@H](O)[C@H]1O. The second-order valence-electron chi connectivity index (χ2n) is 5.29. The molecule has 1 amide bonds. The third-order valence-electron chi connectivity index (χ3n) is 3.89. The Morgan fingerprint density at radius 3 is 2.00 bits per heavy atom. The summed E-state index contributed by atoms with van der Waals surface area (Å²) in [7, 11) is 0. The quantitative estimate of drug-likeness (QED) is 0.226. The molecule has 1 aliphatic heterocycles. The van der Waals surface area contributed by atoms with Crippen molar-refractivity contribution in [3.8, 4) is 0 Å². The summed E-state index contributed by atoms with van der Waals surface area (Å²) in [5.74, 6) is -6.51. The molecule has 0 aromatic carbocycles. The largest absolute Gasteiger partial charge is 0.481 e. The Morgan fingerprint density at radius 1 is 1.09 bits per heavy atom. The Morgan fingerprint density at radius 2 is 1.61 bits per heavy atom. The highest BCUT2D eigenvalue weighted by molar-refractivity contribution is 5.93. The smallest absolute Gasteiger partial charge is 0.317 e. The van der Waals surface area contributed by atoms with Crippen molar-refractivity contribution in [1.29, 1.82) is 0 Å². The molecule has 0 bridgehead atoms. The molecule has 0 saturated carbocycles. The number of aliphatic carboxylic acids is 2. The van der Waals surface area contributed by atoms with Crippen LogP contribution in [-0.4, -0.2) is 85.1 Å². The molecule has 0 unspecified atom stereocenters. The van der Waals surface area contributed by atoms with E-state index in [4.69, 9.17) is 25.8 Å². The highest BCUT2D eigenvalue weighted by Gasteiger charge is 2.57. The molecule has 132 valence electrons. The molecular weight excluding hydrogens is 318 g/mol. The number of hydrogen-bond donors (Lipinski definition) is 7. The number of rotatable bonds is 7. The van der Waals surface area contributed by atoms with E-state index in [9.17, 15) is 29.7 Å². The minimum atomic E-state index is -2.34.